The second-order valence-electron chi connectivity index (χ2n) is 5.82. The van der Waals surface area contributed by atoms with E-state index in [1.807, 2.05) is 12.1 Å². The Kier molecular flexibility index (Phi) is 8.55. The van der Waals surface area contributed by atoms with Crippen LogP contribution in [0.1, 0.15) is 25.0 Å². The molecule has 6 nitrogen and oxygen atoms in total. The van der Waals surface area contributed by atoms with E-state index in [4.69, 9.17) is 30.5 Å². The first-order valence-electron chi connectivity index (χ1n) is 9.09. The second kappa shape index (κ2) is 11.1. The number of carbonyl (C=O) groups is 2. The molecule has 0 heterocycles. The number of halogens is 1. The van der Waals surface area contributed by atoms with Gasteiger partial charge in [-0.25, -0.2) is 9.59 Å². The summed E-state index contributed by atoms with van der Waals surface area (Å²) in [4.78, 5) is 24.2. The van der Waals surface area contributed by atoms with Crippen molar-refractivity contribution in [2.24, 2.45) is 0 Å². The van der Waals surface area contributed by atoms with Crippen molar-refractivity contribution >= 4 is 29.6 Å². The zero-order valence-electron chi connectivity index (χ0n) is 16.6. The minimum Gasteiger partial charge on any atom is -0.493 e. The maximum atomic E-state index is 12.1. The van der Waals surface area contributed by atoms with E-state index in [1.54, 1.807) is 44.2 Å². The maximum Gasteiger partial charge on any atom is 0.345 e. The minimum absolute atomic E-state index is 0.149. The predicted molar refractivity (Wildman–Crippen MR) is 110 cm³/mol. The third-order valence-corrected chi connectivity index (χ3v) is 4.05. The van der Waals surface area contributed by atoms with Gasteiger partial charge in [-0.3, -0.25) is 0 Å². The molecule has 154 valence electrons. The van der Waals surface area contributed by atoms with Crippen LogP contribution in [-0.2, 0) is 25.7 Å². The van der Waals surface area contributed by atoms with Crippen LogP contribution in [0.2, 0.25) is 5.02 Å². The first-order valence-corrected chi connectivity index (χ1v) is 9.47. The Labute approximate surface area is 175 Å². The number of ether oxygens (including phenoxy) is 4. The van der Waals surface area contributed by atoms with Crippen LogP contribution >= 0.6 is 11.6 Å². The smallest absolute Gasteiger partial charge is 0.345 e. The van der Waals surface area contributed by atoms with Gasteiger partial charge in [0.05, 0.1) is 20.3 Å². The Hall–Kier alpha value is -2.99. The quantitative estimate of drug-likeness (QED) is 0.259. The van der Waals surface area contributed by atoms with E-state index in [0.29, 0.717) is 28.7 Å². The van der Waals surface area contributed by atoms with E-state index in [2.05, 4.69) is 0 Å². The molecule has 0 N–H and O–H groups in total. The summed E-state index contributed by atoms with van der Waals surface area (Å²) in [7, 11) is 1.51. The highest BCUT2D eigenvalue weighted by Crippen LogP contribution is 2.30. The van der Waals surface area contributed by atoms with Gasteiger partial charge < -0.3 is 18.9 Å². The Morgan fingerprint density at radius 3 is 2.10 bits per heavy atom. The summed E-state index contributed by atoms with van der Waals surface area (Å²) >= 11 is 5.89. The van der Waals surface area contributed by atoms with E-state index < -0.39 is 11.9 Å². The van der Waals surface area contributed by atoms with E-state index in [0.717, 1.165) is 5.56 Å². The molecule has 0 fully saturated rings. The standard InChI is InChI=1S/C22H23ClO6/c1-4-27-21(24)18(22(25)28-5-2)12-16-8-11-19(20(13-16)26-3)29-14-15-6-9-17(23)10-7-15/h6-13H,4-5,14H2,1-3H3. The lowest BCUT2D eigenvalue weighted by Gasteiger charge is -2.12. The predicted octanol–water partition coefficient (Wildman–Crippen LogP) is 4.44. The molecule has 0 saturated heterocycles. The highest BCUT2D eigenvalue weighted by molar-refractivity contribution is 6.30. The molecule has 0 saturated carbocycles. The van der Waals surface area contributed by atoms with Gasteiger partial charge in [0.25, 0.3) is 0 Å². The third kappa shape index (κ3) is 6.54. The van der Waals surface area contributed by atoms with Crippen molar-refractivity contribution in [2.75, 3.05) is 20.3 Å². The molecule has 0 amide bonds. The monoisotopic (exact) mass is 418 g/mol. The van der Waals surface area contributed by atoms with Crippen LogP contribution in [0.3, 0.4) is 0 Å². The van der Waals surface area contributed by atoms with Crippen molar-refractivity contribution < 1.29 is 28.5 Å². The van der Waals surface area contributed by atoms with Crippen molar-refractivity contribution in [3.63, 3.8) is 0 Å². The molecule has 7 heteroatoms. The zero-order chi connectivity index (χ0) is 21.2. The summed E-state index contributed by atoms with van der Waals surface area (Å²) in [5.41, 5.74) is 1.33. The van der Waals surface area contributed by atoms with Gasteiger partial charge in [-0.1, -0.05) is 29.8 Å². The molecule has 0 aliphatic rings. The fourth-order valence-electron chi connectivity index (χ4n) is 2.42. The van der Waals surface area contributed by atoms with E-state index in [1.165, 1.54) is 13.2 Å². The number of methoxy groups -OCH3 is 1. The average Bonchev–Trinajstić information content (AvgIpc) is 2.72. The van der Waals surface area contributed by atoms with Crippen LogP contribution in [0.15, 0.2) is 48.0 Å². The summed E-state index contributed by atoms with van der Waals surface area (Å²) in [6, 6.07) is 12.4. The second-order valence-corrected chi connectivity index (χ2v) is 6.26. The topological polar surface area (TPSA) is 71.1 Å². The lowest BCUT2D eigenvalue weighted by molar-refractivity contribution is -0.146. The molecular formula is C22H23ClO6. The Morgan fingerprint density at radius 2 is 1.55 bits per heavy atom. The SMILES string of the molecule is CCOC(=O)C(=Cc1ccc(OCc2ccc(Cl)cc2)c(OC)c1)C(=O)OCC. The van der Waals surface area contributed by atoms with Gasteiger partial charge >= 0.3 is 11.9 Å². The Bertz CT molecular complexity index is 853. The van der Waals surface area contributed by atoms with Crippen LogP contribution in [0.4, 0.5) is 0 Å². The summed E-state index contributed by atoms with van der Waals surface area (Å²) in [5, 5.41) is 0.654. The van der Waals surface area contributed by atoms with Crippen molar-refractivity contribution in [1.82, 2.24) is 0 Å². The number of carbonyl (C=O) groups excluding carboxylic acids is 2. The highest BCUT2D eigenvalue weighted by Gasteiger charge is 2.21. The van der Waals surface area contributed by atoms with Gasteiger partial charge in [0.15, 0.2) is 11.5 Å². The zero-order valence-corrected chi connectivity index (χ0v) is 17.3. The number of rotatable bonds is 9. The van der Waals surface area contributed by atoms with Gasteiger partial charge in [-0.2, -0.15) is 0 Å². The molecular weight excluding hydrogens is 396 g/mol. The van der Waals surface area contributed by atoms with Gasteiger partial charge in [0.2, 0.25) is 0 Å². The molecule has 0 aromatic heterocycles. The fraction of sp³-hybridized carbons (Fsp3) is 0.273. The lowest BCUT2D eigenvalue weighted by atomic mass is 10.1. The molecule has 2 aromatic carbocycles. The number of hydrogen-bond acceptors (Lipinski definition) is 6. The highest BCUT2D eigenvalue weighted by atomic mass is 35.5. The van der Waals surface area contributed by atoms with Crippen molar-refractivity contribution in [3.05, 3.63) is 64.2 Å². The lowest BCUT2D eigenvalue weighted by Crippen LogP contribution is -2.18. The van der Waals surface area contributed by atoms with Crippen LogP contribution in [-0.4, -0.2) is 32.3 Å². The van der Waals surface area contributed by atoms with Crippen molar-refractivity contribution in [3.8, 4) is 11.5 Å². The molecule has 2 rings (SSSR count). The molecule has 0 unspecified atom stereocenters. The summed E-state index contributed by atoms with van der Waals surface area (Å²) < 4.78 is 21.1. The summed E-state index contributed by atoms with van der Waals surface area (Å²) in [6.07, 6.45) is 1.40. The average molecular weight is 419 g/mol. The third-order valence-electron chi connectivity index (χ3n) is 3.80. The van der Waals surface area contributed by atoms with E-state index in [9.17, 15) is 9.59 Å². The molecule has 29 heavy (non-hydrogen) atoms. The van der Waals surface area contributed by atoms with Crippen LogP contribution in [0.25, 0.3) is 6.08 Å². The largest absolute Gasteiger partial charge is 0.493 e. The van der Waals surface area contributed by atoms with E-state index >= 15 is 0 Å². The number of hydrogen-bond donors (Lipinski definition) is 0. The van der Waals surface area contributed by atoms with E-state index in [-0.39, 0.29) is 18.8 Å². The first-order chi connectivity index (χ1) is 14.0. The molecule has 0 radical (unpaired) electrons. The number of benzene rings is 2. The van der Waals surface area contributed by atoms with Crippen LogP contribution in [0, 0.1) is 0 Å². The van der Waals surface area contributed by atoms with Gasteiger partial charge in [0.1, 0.15) is 12.2 Å². The molecule has 0 spiro atoms. The van der Waals surface area contributed by atoms with Gasteiger partial charge in [-0.05, 0) is 55.3 Å². The van der Waals surface area contributed by atoms with Gasteiger partial charge in [0, 0.05) is 5.02 Å². The minimum atomic E-state index is -0.743. The molecule has 0 aliphatic heterocycles. The fourth-order valence-corrected chi connectivity index (χ4v) is 2.55. The first kappa shape index (κ1) is 22.3. The normalized spacial score (nSPS) is 10.1. The van der Waals surface area contributed by atoms with Crippen LogP contribution < -0.4 is 9.47 Å². The Balaban J connectivity index is 2.24. The number of esters is 2. The van der Waals surface area contributed by atoms with Crippen molar-refractivity contribution in [1.29, 1.82) is 0 Å². The molecule has 0 atom stereocenters. The van der Waals surface area contributed by atoms with Crippen molar-refractivity contribution in [2.45, 2.75) is 20.5 Å². The Morgan fingerprint density at radius 1 is 0.931 bits per heavy atom. The van der Waals surface area contributed by atoms with Gasteiger partial charge in [-0.15, -0.1) is 0 Å². The molecule has 0 bridgehead atoms. The molecule has 2 aromatic rings. The molecule has 0 aliphatic carbocycles. The summed E-state index contributed by atoms with van der Waals surface area (Å²) in [6.45, 7) is 3.96. The summed E-state index contributed by atoms with van der Waals surface area (Å²) in [5.74, 6) is -0.505. The van der Waals surface area contributed by atoms with Crippen LogP contribution in [0.5, 0.6) is 11.5 Å². The maximum absolute atomic E-state index is 12.1.